The van der Waals surface area contributed by atoms with Gasteiger partial charge in [-0.25, -0.2) is 32.9 Å². The van der Waals surface area contributed by atoms with Gasteiger partial charge < -0.3 is 18.8 Å². The van der Waals surface area contributed by atoms with Gasteiger partial charge in [0.15, 0.2) is 11.3 Å². The summed E-state index contributed by atoms with van der Waals surface area (Å²) in [4.78, 5) is 28.5. The number of imidazole rings is 1. The Balaban J connectivity index is 1.00. The van der Waals surface area contributed by atoms with Gasteiger partial charge >= 0.3 is 5.97 Å². The van der Waals surface area contributed by atoms with Crippen molar-refractivity contribution < 1.29 is 32.2 Å². The van der Waals surface area contributed by atoms with Gasteiger partial charge in [0.2, 0.25) is 11.8 Å². The molecular weight excluding hydrogens is 599 g/mol. The van der Waals surface area contributed by atoms with Gasteiger partial charge in [-0.2, -0.15) is 0 Å². The number of halogens is 3. The summed E-state index contributed by atoms with van der Waals surface area (Å²) < 4.78 is 59.6. The van der Waals surface area contributed by atoms with Crippen LogP contribution >= 0.6 is 0 Å². The minimum atomic E-state index is -2.65. The zero-order valence-corrected chi connectivity index (χ0v) is 25.4. The Hall–Kier alpha value is -4.29. The fraction of sp³-hybridized carbons (Fsp3) is 0.412. The van der Waals surface area contributed by atoms with Gasteiger partial charge in [0.25, 0.3) is 0 Å². The molecule has 9 nitrogen and oxygen atoms in total. The van der Waals surface area contributed by atoms with Crippen LogP contribution in [-0.4, -0.2) is 69.2 Å². The third-order valence-corrected chi connectivity index (χ3v) is 8.97. The molecule has 5 heterocycles. The normalized spacial score (nSPS) is 19.7. The predicted octanol–water partition coefficient (Wildman–Crippen LogP) is 5.92. The Kier molecular flexibility index (Phi) is 8.24. The monoisotopic (exact) mass is 633 g/mol. The zero-order valence-electron chi connectivity index (χ0n) is 25.4. The molecule has 0 radical (unpaired) electrons. The summed E-state index contributed by atoms with van der Waals surface area (Å²) in [5.41, 5.74) is 4.43. The number of esters is 1. The molecule has 4 aromatic rings. The first-order valence-electron chi connectivity index (χ1n) is 15.5. The maximum atomic E-state index is 14.7. The molecule has 7 rings (SSSR count). The minimum absolute atomic E-state index is 0.0148. The lowest BCUT2D eigenvalue weighted by molar-refractivity contribution is -0.0868. The van der Waals surface area contributed by atoms with Gasteiger partial charge in [0.1, 0.15) is 23.8 Å². The molecule has 2 aliphatic heterocycles. The van der Waals surface area contributed by atoms with E-state index in [-0.39, 0.29) is 37.2 Å². The quantitative estimate of drug-likeness (QED) is 0.199. The average Bonchev–Trinajstić information content (AvgIpc) is 3.36. The van der Waals surface area contributed by atoms with Crippen LogP contribution < -0.4 is 4.74 Å². The van der Waals surface area contributed by atoms with Crippen LogP contribution in [0.15, 0.2) is 54.6 Å². The van der Waals surface area contributed by atoms with Crippen molar-refractivity contribution in [3.63, 3.8) is 0 Å². The second-order valence-electron chi connectivity index (χ2n) is 12.1. The summed E-state index contributed by atoms with van der Waals surface area (Å²) in [6.45, 7) is 3.42. The number of alkyl halides is 2. The Morgan fingerprint density at radius 1 is 1.11 bits per heavy atom. The number of carbonyl (C=O) groups excluding carboxylic acids is 1. The lowest BCUT2D eigenvalue weighted by Gasteiger charge is -2.35. The lowest BCUT2D eigenvalue weighted by Crippen LogP contribution is -2.34. The predicted molar refractivity (Wildman–Crippen MR) is 163 cm³/mol. The number of hydrogen-bond donors (Lipinski definition) is 0. The largest absolute Gasteiger partial charge is 0.473 e. The van der Waals surface area contributed by atoms with Crippen molar-refractivity contribution in [1.82, 2.24) is 24.4 Å². The van der Waals surface area contributed by atoms with Crippen molar-refractivity contribution in [2.45, 2.75) is 63.3 Å². The van der Waals surface area contributed by atoms with Crippen LogP contribution in [0.25, 0.3) is 16.7 Å². The van der Waals surface area contributed by atoms with Crippen LogP contribution in [-0.2, 0) is 29.2 Å². The summed E-state index contributed by atoms with van der Waals surface area (Å²) in [5.74, 6) is -2.67. The van der Waals surface area contributed by atoms with Gasteiger partial charge in [-0.3, -0.25) is 4.90 Å². The summed E-state index contributed by atoms with van der Waals surface area (Å²) in [6, 6.07) is 13.6. The fourth-order valence-corrected chi connectivity index (χ4v) is 6.16. The molecule has 0 spiro atoms. The summed E-state index contributed by atoms with van der Waals surface area (Å²) in [7, 11) is 1.34. The number of methoxy groups -OCH3 is 1. The molecule has 46 heavy (non-hydrogen) atoms. The van der Waals surface area contributed by atoms with Crippen molar-refractivity contribution >= 4 is 22.7 Å². The molecule has 1 saturated carbocycles. The third-order valence-electron chi connectivity index (χ3n) is 8.97. The smallest absolute Gasteiger partial charge is 0.356 e. The minimum Gasteiger partial charge on any atom is -0.473 e. The van der Waals surface area contributed by atoms with E-state index < -0.39 is 17.7 Å². The number of carbonyl (C=O) groups is 1. The number of fused-ring (bicyclic) bond motifs is 1. The summed E-state index contributed by atoms with van der Waals surface area (Å²) in [6.07, 6.45) is 3.50. The maximum absolute atomic E-state index is 14.7. The first-order chi connectivity index (χ1) is 22.2. The molecule has 0 bridgehead atoms. The van der Waals surface area contributed by atoms with Crippen molar-refractivity contribution in [3.8, 4) is 5.88 Å². The summed E-state index contributed by atoms with van der Waals surface area (Å²) >= 11 is 0. The molecular formula is C34H34F3N5O4. The van der Waals surface area contributed by atoms with Crippen molar-refractivity contribution in [2.24, 2.45) is 0 Å². The van der Waals surface area contributed by atoms with Gasteiger partial charge in [0, 0.05) is 44.2 Å². The Bertz CT molecular complexity index is 1800. The van der Waals surface area contributed by atoms with E-state index in [0.29, 0.717) is 42.3 Å². The van der Waals surface area contributed by atoms with Crippen LogP contribution in [0.3, 0.4) is 0 Å². The van der Waals surface area contributed by atoms with Gasteiger partial charge in [-0.05, 0) is 54.2 Å². The zero-order chi connectivity index (χ0) is 31.8. The Morgan fingerprint density at radius 3 is 2.65 bits per heavy atom. The van der Waals surface area contributed by atoms with Crippen LogP contribution in [0.2, 0.25) is 0 Å². The van der Waals surface area contributed by atoms with E-state index in [9.17, 15) is 18.0 Å². The highest BCUT2D eigenvalue weighted by Crippen LogP contribution is 2.48. The van der Waals surface area contributed by atoms with Gasteiger partial charge in [-0.15, -0.1) is 0 Å². The van der Waals surface area contributed by atoms with E-state index >= 15 is 0 Å². The number of benzene rings is 1. The highest BCUT2D eigenvalue weighted by Gasteiger charge is 2.45. The molecule has 1 aliphatic carbocycles. The van der Waals surface area contributed by atoms with Crippen LogP contribution in [0.4, 0.5) is 13.2 Å². The number of ether oxygens (including phenoxy) is 3. The lowest BCUT2D eigenvalue weighted by atomic mass is 9.76. The highest BCUT2D eigenvalue weighted by atomic mass is 19.3. The third kappa shape index (κ3) is 6.36. The van der Waals surface area contributed by atoms with Gasteiger partial charge in [-0.1, -0.05) is 24.3 Å². The number of nitrogens with zero attached hydrogens (tertiary/aromatic N) is 5. The molecule has 0 unspecified atom stereocenters. The number of aromatic nitrogens is 4. The van der Waals surface area contributed by atoms with E-state index in [1.165, 1.54) is 13.2 Å². The SMILES string of the molecule is COC(=O)c1ccc2nc(CN3CC=C(c4cccc(OCc5ccc(C6CC(F)(F)C6)cc5F)n4)CC3)n(C[C@@H]3CCO3)c2n1. The first-order valence-corrected chi connectivity index (χ1v) is 15.5. The highest BCUT2D eigenvalue weighted by molar-refractivity contribution is 5.89. The molecule has 0 N–H and O–H groups in total. The second-order valence-corrected chi connectivity index (χ2v) is 12.1. The fourth-order valence-electron chi connectivity index (χ4n) is 6.16. The topological polar surface area (TPSA) is 91.6 Å². The number of hydrogen-bond acceptors (Lipinski definition) is 8. The molecule has 1 atom stereocenters. The molecule has 0 amide bonds. The summed E-state index contributed by atoms with van der Waals surface area (Å²) in [5, 5.41) is 0. The molecule has 2 fully saturated rings. The second kappa shape index (κ2) is 12.5. The molecule has 12 heteroatoms. The van der Waals surface area contributed by atoms with E-state index in [0.717, 1.165) is 48.6 Å². The van der Waals surface area contributed by atoms with Crippen LogP contribution in [0, 0.1) is 5.82 Å². The van der Waals surface area contributed by atoms with E-state index in [4.69, 9.17) is 19.2 Å². The van der Waals surface area contributed by atoms with Crippen molar-refractivity contribution in [1.29, 1.82) is 0 Å². The molecule has 1 aromatic carbocycles. The van der Waals surface area contributed by atoms with E-state index in [2.05, 4.69) is 25.5 Å². The standard InChI is InChI=1S/C34H34F3N5O4/c1-44-33(43)29-8-7-28-32(40-29)42(18-25-11-14-45-25)30(38-28)19-41-12-9-21(10-13-41)27-3-2-4-31(39-27)46-20-23-6-5-22(15-26(23)35)24-16-34(36,37)17-24/h2-9,15,24-25H,10-14,16-20H2,1H3/t25-/m0/s1. The van der Waals surface area contributed by atoms with E-state index in [1.54, 1.807) is 30.3 Å². The molecule has 3 aliphatic rings. The van der Waals surface area contributed by atoms with Crippen LogP contribution in [0.1, 0.15) is 64.7 Å². The van der Waals surface area contributed by atoms with Crippen LogP contribution in [0.5, 0.6) is 5.88 Å². The molecule has 1 saturated heterocycles. The van der Waals surface area contributed by atoms with E-state index in [1.807, 2.05) is 12.1 Å². The van der Waals surface area contributed by atoms with Crippen molar-refractivity contribution in [3.05, 3.63) is 88.8 Å². The Morgan fingerprint density at radius 2 is 1.96 bits per heavy atom. The van der Waals surface area contributed by atoms with Crippen molar-refractivity contribution in [2.75, 3.05) is 26.8 Å². The number of rotatable bonds is 10. The Labute approximate surface area is 264 Å². The average molecular weight is 634 g/mol. The molecule has 240 valence electrons. The first kappa shape index (κ1) is 30.4. The number of pyridine rings is 2. The van der Waals surface area contributed by atoms with Gasteiger partial charge in [0.05, 0.1) is 32.0 Å². The molecule has 3 aromatic heterocycles. The maximum Gasteiger partial charge on any atom is 0.356 e.